The van der Waals surface area contributed by atoms with Crippen molar-refractivity contribution >= 4 is 127 Å². The van der Waals surface area contributed by atoms with E-state index in [4.69, 9.17) is 14.2 Å². The Morgan fingerprint density at radius 3 is 1.23 bits per heavy atom. The summed E-state index contributed by atoms with van der Waals surface area (Å²) in [6, 6.07) is 56.5. The van der Waals surface area contributed by atoms with Crippen LogP contribution in [0.4, 0.5) is 45.5 Å². The van der Waals surface area contributed by atoms with Crippen LogP contribution in [-0.2, 0) is 21.7 Å². The first-order chi connectivity index (χ1) is 39.8. The number of hydrogen-bond acceptors (Lipinski definition) is 7. The molecule has 0 spiro atoms. The van der Waals surface area contributed by atoms with Crippen molar-refractivity contribution in [2.45, 2.75) is 126 Å². The lowest BCUT2D eigenvalue weighted by Gasteiger charge is -2.45. The van der Waals surface area contributed by atoms with Crippen LogP contribution in [0.3, 0.4) is 0 Å². The number of hydrogen-bond donors (Lipinski definition) is 0. The van der Waals surface area contributed by atoms with Crippen LogP contribution in [0, 0.1) is 20.8 Å². The number of rotatable bonds is 3. The Hall–Kier alpha value is -7.68. The highest BCUT2D eigenvalue weighted by Gasteiger charge is 2.50. The van der Waals surface area contributed by atoms with Gasteiger partial charge in [0.1, 0.15) is 34.5 Å². The van der Waals surface area contributed by atoms with E-state index < -0.39 is 0 Å². The third-order valence-corrected chi connectivity index (χ3v) is 19.6. The van der Waals surface area contributed by atoms with Crippen LogP contribution in [0.2, 0.25) is 0 Å². The van der Waals surface area contributed by atoms with Crippen molar-refractivity contribution < 1.29 is 14.2 Å². The average Bonchev–Trinajstić information content (AvgIpc) is 0.746. The highest BCUT2D eigenvalue weighted by molar-refractivity contribution is 8.00. The molecule has 15 rings (SSSR count). The van der Waals surface area contributed by atoms with Crippen molar-refractivity contribution in [1.82, 2.24) is 0 Å². The van der Waals surface area contributed by atoms with E-state index in [0.29, 0.717) is 0 Å². The summed E-state index contributed by atoms with van der Waals surface area (Å²) in [5.41, 5.74) is 28.6. The molecule has 84 heavy (non-hydrogen) atoms. The molecule has 6 aliphatic rings. The van der Waals surface area contributed by atoms with Gasteiger partial charge in [-0.25, -0.2) is 0 Å². The van der Waals surface area contributed by atoms with Gasteiger partial charge in [0.15, 0.2) is 0 Å². The van der Waals surface area contributed by atoms with E-state index >= 15 is 0 Å². The van der Waals surface area contributed by atoms with Crippen molar-refractivity contribution in [3.63, 3.8) is 0 Å². The van der Waals surface area contributed by atoms with Gasteiger partial charge in [0.2, 0.25) is 0 Å². The molecule has 6 aliphatic heterocycles. The number of ether oxygens (including phenoxy) is 3. The second kappa shape index (κ2) is 17.9. The van der Waals surface area contributed by atoms with Crippen LogP contribution in [0.5, 0.6) is 34.5 Å². The summed E-state index contributed by atoms with van der Waals surface area (Å²) in [6.45, 7) is 33.9. The Morgan fingerprint density at radius 2 is 0.690 bits per heavy atom. The number of fused-ring (bicyclic) bond motifs is 12. The maximum absolute atomic E-state index is 7.41. The first-order valence-corrected chi connectivity index (χ1v) is 31.3. The van der Waals surface area contributed by atoms with Crippen LogP contribution >= 0.6 is 11.9 Å². The molecule has 0 fully saturated rings. The molecule has 9 aromatic rings. The third-order valence-electron chi connectivity index (χ3n) is 18.8. The molecule has 0 amide bonds. The van der Waals surface area contributed by atoms with Gasteiger partial charge < -0.3 is 24.0 Å². The number of nitrogens with zero attached hydrogens (tertiary/aromatic N) is 3. The van der Waals surface area contributed by atoms with Crippen molar-refractivity contribution in [1.29, 1.82) is 0 Å². The Kier molecular flexibility index (Phi) is 11.3. The van der Waals surface area contributed by atoms with Gasteiger partial charge >= 0.3 is 0 Å². The second-order valence-electron chi connectivity index (χ2n) is 28.9. The fourth-order valence-corrected chi connectivity index (χ4v) is 15.2. The summed E-state index contributed by atoms with van der Waals surface area (Å²) >= 11 is 1.73. The maximum atomic E-state index is 7.41. The lowest BCUT2D eigenvalue weighted by atomic mass is 9.29. The van der Waals surface area contributed by atoms with Gasteiger partial charge in [0.05, 0.1) is 11.4 Å². The van der Waals surface area contributed by atoms with E-state index in [9.17, 15) is 0 Å². The number of benzene rings is 9. The normalized spacial score (nSPS) is 14.9. The fraction of sp³-hybridized carbons (Fsp3) is 0.270. The van der Waals surface area contributed by atoms with Crippen LogP contribution in [-0.4, -0.2) is 26.4 Å². The Morgan fingerprint density at radius 1 is 0.310 bits per heavy atom. The van der Waals surface area contributed by atoms with E-state index in [-0.39, 0.29) is 41.8 Å². The van der Waals surface area contributed by atoms with E-state index in [1.165, 1.54) is 77.7 Å². The molecule has 10 heteroatoms. The van der Waals surface area contributed by atoms with Gasteiger partial charge in [0.25, 0.3) is 20.1 Å². The highest BCUT2D eigenvalue weighted by atomic mass is 32.2. The van der Waals surface area contributed by atoms with Crippen molar-refractivity contribution in [3.05, 3.63) is 185 Å². The van der Waals surface area contributed by atoms with Gasteiger partial charge in [-0.05, 0) is 210 Å². The lowest BCUT2D eigenvalue weighted by molar-refractivity contribution is 0.464. The van der Waals surface area contributed by atoms with Crippen molar-refractivity contribution in [2.75, 3.05) is 20.4 Å². The molecular formula is C74H72B3N3O3S. The molecule has 9 aromatic carbocycles. The summed E-state index contributed by atoms with van der Waals surface area (Å²) in [5.74, 6) is 5.25. The molecule has 416 valence electrons. The minimum atomic E-state index is -0.208. The van der Waals surface area contributed by atoms with Gasteiger partial charge in [0, 0.05) is 58.0 Å². The summed E-state index contributed by atoms with van der Waals surface area (Å²) in [4.78, 5) is 5.09. The zero-order valence-electron chi connectivity index (χ0n) is 51.6. The van der Waals surface area contributed by atoms with E-state index in [0.717, 1.165) is 90.4 Å². The quantitative estimate of drug-likeness (QED) is 0.129. The molecule has 0 N–H and O–H groups in total. The number of aryl methyl sites for hydroxylation is 3. The molecule has 0 unspecified atom stereocenters. The third kappa shape index (κ3) is 7.94. The second-order valence-corrected chi connectivity index (χ2v) is 29.6. The van der Waals surface area contributed by atoms with E-state index in [1.807, 2.05) is 0 Å². The number of anilines is 8. The highest BCUT2D eigenvalue weighted by Crippen LogP contribution is 2.49. The molecule has 0 atom stereocenters. The first kappa shape index (κ1) is 53.1. The summed E-state index contributed by atoms with van der Waals surface area (Å²) in [7, 11) is 0. The molecule has 6 heterocycles. The van der Waals surface area contributed by atoms with Crippen LogP contribution in [0.1, 0.15) is 122 Å². The van der Waals surface area contributed by atoms with Crippen molar-refractivity contribution in [3.8, 4) is 34.5 Å². The Bertz CT molecular complexity index is 4330. The predicted molar refractivity (Wildman–Crippen MR) is 360 cm³/mol. The molecule has 6 nitrogen and oxygen atoms in total. The van der Waals surface area contributed by atoms with Crippen molar-refractivity contribution in [2.24, 2.45) is 0 Å². The topological polar surface area (TPSA) is 37.4 Å². The Balaban J connectivity index is 1.01. The molecule has 0 aliphatic carbocycles. The van der Waals surface area contributed by atoms with Gasteiger partial charge in [-0.3, -0.25) is 4.31 Å². The molecular weight excluding hydrogens is 1040 g/mol. The summed E-state index contributed by atoms with van der Waals surface area (Å²) in [6.07, 6.45) is 2.18. The van der Waals surface area contributed by atoms with Crippen LogP contribution in [0.25, 0.3) is 0 Å². The molecule has 0 saturated heterocycles. The summed E-state index contributed by atoms with van der Waals surface area (Å²) < 4.78 is 24.1. The molecule has 0 aromatic heterocycles. The molecule has 0 radical (unpaired) electrons. The maximum Gasteiger partial charge on any atom is 0.260 e. The largest absolute Gasteiger partial charge is 0.458 e. The fourth-order valence-electron chi connectivity index (χ4n) is 14.5. The first-order valence-electron chi connectivity index (χ1n) is 30.1. The zero-order chi connectivity index (χ0) is 58.6. The summed E-state index contributed by atoms with van der Waals surface area (Å²) in [5, 5.41) is 0. The zero-order valence-corrected chi connectivity index (χ0v) is 52.4. The minimum Gasteiger partial charge on any atom is -0.458 e. The smallest absolute Gasteiger partial charge is 0.260 e. The lowest BCUT2D eigenvalue weighted by Crippen LogP contribution is -2.65. The van der Waals surface area contributed by atoms with Crippen LogP contribution in [0.15, 0.2) is 146 Å². The van der Waals surface area contributed by atoms with Crippen LogP contribution < -0.4 is 77.5 Å². The monoisotopic (exact) mass is 1120 g/mol. The van der Waals surface area contributed by atoms with Gasteiger partial charge in [-0.2, -0.15) is 0 Å². The molecule has 0 bridgehead atoms. The van der Waals surface area contributed by atoms with Gasteiger partial charge in [-0.15, -0.1) is 0 Å². The minimum absolute atomic E-state index is 0.0120. The van der Waals surface area contributed by atoms with E-state index in [2.05, 4.69) is 270 Å². The molecule has 0 saturated carbocycles. The van der Waals surface area contributed by atoms with Gasteiger partial charge in [-0.1, -0.05) is 144 Å². The van der Waals surface area contributed by atoms with E-state index in [1.54, 1.807) is 11.9 Å². The predicted octanol–water partition coefficient (Wildman–Crippen LogP) is 14.0. The average molecular weight is 1120 g/mol. The Labute approximate surface area is 502 Å². The SMILES string of the molecule is CSN1c2cc3c(cc2B2c4cc(C(C)(C)C)ccc4Oc4cc(C)cc1c42)B1c2cc4c(cc2Oc2cc(C)cc(c21)O3)N(c1ccc(C(C)(C)C)cc1)c1cc(C)cc2c1B4c1cc(C(C)(C)C)ccc1N2c1ccc(C(C)(C)C)cc1. The standard InChI is InChI=1S/C74H72B3N3O3S/c1-41-29-59-68-60(30-41)79(49-25-19-45(20-26-49)72(7,8)9)57-39-63-54(37-51(57)75(68)50-35-46(73(10,11)12)21-27-56(50)78(59)48-23-17-44(18-24-48)71(4,5)6)77-55-38-52-58(40-64(55)83-67-34-43(3)33-66(82-63)70(67)77)80(84-16)61-31-42(2)32-65-69(61)76(52)53-36-47(74(13,14)15)22-28-62(53)81-65/h17-40H,1-16H3.